The lowest BCUT2D eigenvalue weighted by molar-refractivity contribution is 1.07. The van der Waals surface area contributed by atoms with Crippen LogP contribution in [-0.4, -0.2) is 15.1 Å². The number of rotatable bonds is 3. The fraction of sp³-hybridized carbons (Fsp3) is 1.00. The maximum Gasteiger partial charge on any atom is 0.117 e. The van der Waals surface area contributed by atoms with Crippen molar-refractivity contribution in [1.82, 2.24) is 0 Å². The quantitative estimate of drug-likeness (QED) is 0.340. The minimum absolute atomic E-state index is 1.36. The van der Waals surface area contributed by atoms with Gasteiger partial charge >= 0.3 is 0 Å². The van der Waals surface area contributed by atoms with Gasteiger partial charge in [-0.05, 0) is 0 Å². The summed E-state index contributed by atoms with van der Waals surface area (Å²) in [6.07, 6.45) is 4.18. The third-order valence-corrected chi connectivity index (χ3v) is 0.957. The Bertz CT molecular complexity index is 17.5. The van der Waals surface area contributed by atoms with Crippen LogP contribution in [0.3, 0.4) is 0 Å². The SMILES string of the molecule is BCCCBC. The summed E-state index contributed by atoms with van der Waals surface area (Å²) < 4.78 is 0. The molecule has 0 rings (SSSR count). The minimum atomic E-state index is 1.36. The maximum atomic E-state index is 2.23. The molecule has 0 radical (unpaired) electrons. The fourth-order valence-corrected chi connectivity index (χ4v) is 0.500. The molecule has 0 atom stereocenters. The van der Waals surface area contributed by atoms with Crippen LogP contribution in [0.15, 0.2) is 0 Å². The van der Waals surface area contributed by atoms with Gasteiger partial charge in [0.25, 0.3) is 0 Å². The van der Waals surface area contributed by atoms with E-state index in [1.807, 2.05) is 0 Å². The average molecular weight is 81.8 g/mol. The Labute approximate surface area is 42.0 Å². The highest BCUT2D eigenvalue weighted by molar-refractivity contribution is 6.33. The fourth-order valence-electron chi connectivity index (χ4n) is 0.500. The zero-order valence-corrected chi connectivity index (χ0v) is 4.83. The molecule has 0 fully saturated rings. The van der Waals surface area contributed by atoms with Crippen LogP contribution >= 0.6 is 0 Å². The van der Waals surface area contributed by atoms with Gasteiger partial charge in [-0.2, -0.15) is 0 Å². The van der Waals surface area contributed by atoms with Gasteiger partial charge in [0.2, 0.25) is 0 Å². The molecule has 0 aromatic heterocycles. The first-order valence-electron chi connectivity index (χ1n) is 2.91. The molecule has 6 heavy (non-hydrogen) atoms. The van der Waals surface area contributed by atoms with Crippen LogP contribution in [0.4, 0.5) is 0 Å². The molecule has 0 amide bonds. The van der Waals surface area contributed by atoms with Crippen molar-refractivity contribution in [3.63, 3.8) is 0 Å². The summed E-state index contributed by atoms with van der Waals surface area (Å²) in [4.78, 5) is 0. The normalized spacial score (nSPS) is 8.17. The van der Waals surface area contributed by atoms with Crippen LogP contribution in [0, 0.1) is 0 Å². The van der Waals surface area contributed by atoms with E-state index in [1.165, 1.54) is 26.3 Å². The maximum absolute atomic E-state index is 2.23. The molecule has 34 valence electrons. The van der Waals surface area contributed by atoms with Gasteiger partial charge in [0.15, 0.2) is 0 Å². The van der Waals surface area contributed by atoms with Gasteiger partial charge in [-0.3, -0.25) is 0 Å². The Morgan fingerprint density at radius 2 is 2.33 bits per heavy atom. The first-order chi connectivity index (χ1) is 2.91. The topological polar surface area (TPSA) is 0 Å². The van der Waals surface area contributed by atoms with Crippen LogP contribution < -0.4 is 0 Å². The second-order valence-electron chi connectivity index (χ2n) is 1.71. The summed E-state index contributed by atoms with van der Waals surface area (Å²) in [7, 11) is 3.59. The zero-order chi connectivity index (χ0) is 4.83. The first kappa shape index (κ1) is 6.13. The van der Waals surface area contributed by atoms with Crippen molar-refractivity contribution in [3.8, 4) is 0 Å². The Balaban J connectivity index is 2.34. The second-order valence-corrected chi connectivity index (χ2v) is 1.71. The largest absolute Gasteiger partial charge is 0.117 e. The molecule has 0 N–H and O–H groups in total. The zero-order valence-electron chi connectivity index (χ0n) is 4.83. The molecular weight excluding hydrogens is 69.7 g/mol. The van der Waals surface area contributed by atoms with Crippen LogP contribution in [0.2, 0.25) is 19.5 Å². The van der Waals surface area contributed by atoms with E-state index in [1.54, 1.807) is 0 Å². The molecular formula is C4H12B2. The van der Waals surface area contributed by atoms with Crippen LogP contribution in [0.5, 0.6) is 0 Å². The molecule has 2 heteroatoms. The van der Waals surface area contributed by atoms with Crippen LogP contribution in [-0.2, 0) is 0 Å². The van der Waals surface area contributed by atoms with E-state index in [0.29, 0.717) is 0 Å². The van der Waals surface area contributed by atoms with E-state index in [0.717, 1.165) is 0 Å². The van der Waals surface area contributed by atoms with E-state index in [9.17, 15) is 0 Å². The smallest absolute Gasteiger partial charge is 0.0893 e. The van der Waals surface area contributed by atoms with E-state index < -0.39 is 0 Å². The molecule has 0 heterocycles. The highest BCUT2D eigenvalue weighted by Crippen LogP contribution is 1.89. The van der Waals surface area contributed by atoms with Crippen molar-refractivity contribution in [2.24, 2.45) is 0 Å². The van der Waals surface area contributed by atoms with E-state index in [2.05, 4.69) is 14.7 Å². The van der Waals surface area contributed by atoms with Crippen molar-refractivity contribution in [2.75, 3.05) is 0 Å². The molecule has 0 aromatic rings. The third kappa shape index (κ3) is 4.13. The first-order valence-corrected chi connectivity index (χ1v) is 2.91. The summed E-state index contributed by atoms with van der Waals surface area (Å²) in [5.41, 5.74) is 0. The Morgan fingerprint density at radius 1 is 1.67 bits per heavy atom. The molecule has 0 aliphatic rings. The van der Waals surface area contributed by atoms with Crippen molar-refractivity contribution in [1.29, 1.82) is 0 Å². The van der Waals surface area contributed by atoms with E-state index in [4.69, 9.17) is 0 Å². The van der Waals surface area contributed by atoms with Gasteiger partial charge in [0, 0.05) is 0 Å². The number of hydrogen-bond acceptors (Lipinski definition) is 0. The summed E-state index contributed by atoms with van der Waals surface area (Å²) in [5, 5.41) is 0. The van der Waals surface area contributed by atoms with Gasteiger partial charge < -0.3 is 0 Å². The highest BCUT2D eigenvalue weighted by Gasteiger charge is 1.78. The lowest BCUT2D eigenvalue weighted by Crippen LogP contribution is -1.78. The van der Waals surface area contributed by atoms with Crippen LogP contribution in [0.1, 0.15) is 6.42 Å². The average Bonchev–Trinajstić information content (AvgIpc) is 1.61. The Kier molecular flexibility index (Phi) is 5.24. The second kappa shape index (κ2) is 5.13. The van der Waals surface area contributed by atoms with Crippen molar-refractivity contribution < 1.29 is 0 Å². The summed E-state index contributed by atoms with van der Waals surface area (Å²) in [5.74, 6) is 0. The molecule has 0 spiro atoms. The third-order valence-electron chi connectivity index (χ3n) is 0.957. The highest BCUT2D eigenvalue weighted by atomic mass is 13.6. The monoisotopic (exact) mass is 82.1 g/mol. The van der Waals surface area contributed by atoms with Crippen molar-refractivity contribution in [3.05, 3.63) is 0 Å². The standard InChI is InChI=1S/C4H12B2/c1-6-4-2-3-5/h6H,2-5H2,1H3. The predicted molar refractivity (Wildman–Crippen MR) is 35.8 cm³/mol. The van der Waals surface area contributed by atoms with Gasteiger partial charge in [0.05, 0.1) is 0 Å². The molecule has 0 nitrogen and oxygen atoms in total. The number of hydrogen-bond donors (Lipinski definition) is 0. The lowest BCUT2D eigenvalue weighted by atomic mass is 9.75. The van der Waals surface area contributed by atoms with Crippen LogP contribution in [0.25, 0.3) is 0 Å². The summed E-state index contributed by atoms with van der Waals surface area (Å²) in [6.45, 7) is 2.23. The Hall–Kier alpha value is 0.130. The van der Waals surface area contributed by atoms with Gasteiger partial charge in [0.1, 0.15) is 15.1 Å². The predicted octanol–water partition coefficient (Wildman–Crippen LogP) is 0.331. The molecule has 0 bridgehead atoms. The lowest BCUT2D eigenvalue weighted by Gasteiger charge is -1.84. The minimum Gasteiger partial charge on any atom is -0.0893 e. The Morgan fingerprint density at radius 3 is 2.50 bits per heavy atom. The molecule has 0 aliphatic carbocycles. The molecule has 0 saturated carbocycles. The van der Waals surface area contributed by atoms with E-state index >= 15 is 0 Å². The van der Waals surface area contributed by atoms with Crippen molar-refractivity contribution >= 4 is 15.1 Å². The summed E-state index contributed by atoms with van der Waals surface area (Å²) in [6, 6.07) is 0. The molecule has 0 aliphatic heterocycles. The van der Waals surface area contributed by atoms with Gasteiger partial charge in [-0.1, -0.05) is 25.9 Å². The summed E-state index contributed by atoms with van der Waals surface area (Å²) >= 11 is 0. The van der Waals surface area contributed by atoms with E-state index in [-0.39, 0.29) is 0 Å². The molecule has 0 unspecified atom stereocenters. The molecule has 0 aromatic carbocycles. The molecule has 0 saturated heterocycles. The van der Waals surface area contributed by atoms with Gasteiger partial charge in [-0.15, -0.1) is 0 Å². The van der Waals surface area contributed by atoms with Gasteiger partial charge in [-0.25, -0.2) is 0 Å². The van der Waals surface area contributed by atoms with Crippen molar-refractivity contribution in [2.45, 2.75) is 25.9 Å².